The van der Waals surface area contributed by atoms with Crippen molar-refractivity contribution in [3.63, 3.8) is 0 Å². The van der Waals surface area contributed by atoms with E-state index >= 15 is 0 Å². The standard InChI is InChI=1S/C29H39N5O7/c30-14-2-1-4-23(32-26(37)22-5-3-15-31-22)27(38)33-24(16-18-6-10-20(35)11-7-18)28(39)34-25(29(40)41)17-19-8-12-21(36)13-9-19/h6-13,22-25,31,35-36H,1-5,14-17,30H2,(H,32,37)(H,33,38)(H,34,39)(H,40,41). The Kier molecular flexibility index (Phi) is 11.9. The number of rotatable bonds is 15. The zero-order valence-electron chi connectivity index (χ0n) is 22.8. The van der Waals surface area contributed by atoms with E-state index in [9.17, 15) is 34.5 Å². The summed E-state index contributed by atoms with van der Waals surface area (Å²) in [6.45, 7) is 1.14. The van der Waals surface area contributed by atoms with Gasteiger partial charge in [0.15, 0.2) is 0 Å². The van der Waals surface area contributed by atoms with Crippen molar-refractivity contribution in [1.29, 1.82) is 0 Å². The largest absolute Gasteiger partial charge is 0.508 e. The van der Waals surface area contributed by atoms with Gasteiger partial charge in [-0.1, -0.05) is 24.3 Å². The topological polar surface area (TPSA) is 203 Å². The van der Waals surface area contributed by atoms with Gasteiger partial charge in [-0.25, -0.2) is 4.79 Å². The Morgan fingerprint density at radius 2 is 1.34 bits per heavy atom. The first kappa shape index (κ1) is 31.4. The molecule has 4 atom stereocenters. The fourth-order valence-corrected chi connectivity index (χ4v) is 4.63. The highest BCUT2D eigenvalue weighted by atomic mass is 16.4. The van der Waals surface area contributed by atoms with Gasteiger partial charge < -0.3 is 42.3 Å². The van der Waals surface area contributed by atoms with Gasteiger partial charge in [0.05, 0.1) is 6.04 Å². The second kappa shape index (κ2) is 15.6. The third-order valence-corrected chi connectivity index (χ3v) is 6.96. The lowest BCUT2D eigenvalue weighted by Gasteiger charge is -2.25. The van der Waals surface area contributed by atoms with Crippen molar-refractivity contribution in [2.75, 3.05) is 13.1 Å². The second-order valence-corrected chi connectivity index (χ2v) is 10.2. The molecule has 0 spiro atoms. The van der Waals surface area contributed by atoms with Crippen LogP contribution in [0.3, 0.4) is 0 Å². The van der Waals surface area contributed by atoms with Gasteiger partial charge in [-0.3, -0.25) is 14.4 Å². The molecular formula is C29H39N5O7. The first-order valence-corrected chi connectivity index (χ1v) is 13.8. The predicted molar refractivity (Wildman–Crippen MR) is 151 cm³/mol. The Hall–Kier alpha value is -4.16. The molecule has 0 saturated carbocycles. The Morgan fingerprint density at radius 3 is 1.85 bits per heavy atom. The van der Waals surface area contributed by atoms with Crippen molar-refractivity contribution < 1.29 is 34.5 Å². The zero-order valence-corrected chi connectivity index (χ0v) is 22.8. The Balaban J connectivity index is 1.78. The Labute approximate surface area is 238 Å². The van der Waals surface area contributed by atoms with Crippen LogP contribution in [0.1, 0.15) is 43.2 Å². The third-order valence-electron chi connectivity index (χ3n) is 6.96. The van der Waals surface area contributed by atoms with Crippen LogP contribution in [-0.2, 0) is 32.0 Å². The van der Waals surface area contributed by atoms with Gasteiger partial charge in [0.2, 0.25) is 17.7 Å². The zero-order chi connectivity index (χ0) is 29.8. The Bertz CT molecular complexity index is 1170. The molecule has 4 unspecified atom stereocenters. The number of benzene rings is 2. The van der Waals surface area contributed by atoms with Crippen molar-refractivity contribution in [2.24, 2.45) is 5.73 Å². The number of carboxylic acids is 1. The average molecular weight is 570 g/mol. The second-order valence-electron chi connectivity index (χ2n) is 10.2. The molecule has 3 amide bonds. The molecule has 0 aromatic heterocycles. The number of aromatic hydroxyl groups is 2. The van der Waals surface area contributed by atoms with Crippen LogP contribution in [0.15, 0.2) is 48.5 Å². The van der Waals surface area contributed by atoms with E-state index in [1.165, 1.54) is 24.3 Å². The van der Waals surface area contributed by atoms with Gasteiger partial charge in [-0.05, 0) is 80.6 Å². The molecule has 0 radical (unpaired) electrons. The maximum Gasteiger partial charge on any atom is 0.326 e. The minimum atomic E-state index is -1.31. The lowest BCUT2D eigenvalue weighted by molar-refractivity contribution is -0.142. The summed E-state index contributed by atoms with van der Waals surface area (Å²) in [6.07, 6.45) is 3.02. The lowest BCUT2D eigenvalue weighted by Crippen LogP contribution is -2.57. The van der Waals surface area contributed by atoms with Gasteiger partial charge in [-0.2, -0.15) is 0 Å². The molecule has 1 saturated heterocycles. The van der Waals surface area contributed by atoms with Gasteiger partial charge in [0, 0.05) is 12.8 Å². The predicted octanol–water partition coefficient (Wildman–Crippen LogP) is 0.303. The lowest BCUT2D eigenvalue weighted by atomic mass is 10.0. The molecule has 222 valence electrons. The minimum Gasteiger partial charge on any atom is -0.508 e. The molecule has 12 nitrogen and oxygen atoms in total. The van der Waals surface area contributed by atoms with Crippen molar-refractivity contribution in [2.45, 2.75) is 69.1 Å². The maximum atomic E-state index is 13.5. The van der Waals surface area contributed by atoms with Crippen LogP contribution in [0.2, 0.25) is 0 Å². The monoisotopic (exact) mass is 569 g/mol. The van der Waals surface area contributed by atoms with Crippen LogP contribution in [0, 0.1) is 0 Å². The third kappa shape index (κ3) is 10.1. The molecule has 41 heavy (non-hydrogen) atoms. The minimum absolute atomic E-state index is 0.0110. The number of nitrogens with two attached hydrogens (primary N) is 1. The van der Waals surface area contributed by atoms with E-state index in [1.807, 2.05) is 0 Å². The molecule has 1 aliphatic rings. The summed E-state index contributed by atoms with van der Waals surface area (Å²) in [6, 6.07) is 8.25. The quantitative estimate of drug-likeness (QED) is 0.139. The van der Waals surface area contributed by atoms with E-state index in [4.69, 9.17) is 5.73 Å². The molecule has 2 aromatic rings. The highest BCUT2D eigenvalue weighted by Crippen LogP contribution is 2.14. The number of hydrogen-bond acceptors (Lipinski definition) is 8. The molecule has 1 fully saturated rings. The first-order valence-electron chi connectivity index (χ1n) is 13.8. The van der Waals surface area contributed by atoms with Gasteiger partial charge in [0.25, 0.3) is 0 Å². The Morgan fingerprint density at radius 1 is 0.805 bits per heavy atom. The fourth-order valence-electron chi connectivity index (χ4n) is 4.63. The summed E-state index contributed by atoms with van der Waals surface area (Å²) in [5, 5.41) is 40.1. The summed E-state index contributed by atoms with van der Waals surface area (Å²) >= 11 is 0. The number of unbranched alkanes of at least 4 members (excludes halogenated alkanes) is 1. The van der Waals surface area contributed by atoms with E-state index in [2.05, 4.69) is 21.3 Å². The van der Waals surface area contributed by atoms with Crippen LogP contribution < -0.4 is 27.0 Å². The van der Waals surface area contributed by atoms with Crippen LogP contribution in [0.4, 0.5) is 0 Å². The smallest absolute Gasteiger partial charge is 0.326 e. The molecule has 2 aromatic carbocycles. The molecule has 12 heteroatoms. The normalized spacial score (nSPS) is 16.8. The number of phenols is 2. The molecule has 3 rings (SSSR count). The summed E-state index contributed by atoms with van der Waals surface area (Å²) in [4.78, 5) is 51.7. The molecule has 1 heterocycles. The highest BCUT2D eigenvalue weighted by molar-refractivity contribution is 5.94. The molecular weight excluding hydrogens is 530 g/mol. The average Bonchev–Trinajstić information content (AvgIpc) is 3.49. The number of aliphatic carboxylic acids is 1. The number of amides is 3. The van der Waals surface area contributed by atoms with Crippen LogP contribution in [0.5, 0.6) is 11.5 Å². The van der Waals surface area contributed by atoms with E-state index in [0.717, 1.165) is 6.42 Å². The SMILES string of the molecule is NCCCCC(NC(=O)C1CCCN1)C(=O)NC(Cc1ccc(O)cc1)C(=O)NC(Cc1ccc(O)cc1)C(=O)O. The molecule has 9 N–H and O–H groups in total. The number of carbonyl (C=O) groups excluding carboxylic acids is 3. The summed E-state index contributed by atoms with van der Waals surface area (Å²) in [5.74, 6) is -2.80. The maximum absolute atomic E-state index is 13.5. The van der Waals surface area contributed by atoms with Gasteiger partial charge >= 0.3 is 5.97 Å². The van der Waals surface area contributed by atoms with E-state index < -0.39 is 42.0 Å². The molecule has 0 aliphatic carbocycles. The van der Waals surface area contributed by atoms with E-state index in [-0.39, 0.29) is 30.2 Å². The number of phenolic OH excluding ortho intramolecular Hbond substituents is 2. The highest BCUT2D eigenvalue weighted by Gasteiger charge is 2.31. The molecule has 0 bridgehead atoms. The summed E-state index contributed by atoms with van der Waals surface area (Å²) in [7, 11) is 0. The van der Waals surface area contributed by atoms with Crippen molar-refractivity contribution in [3.05, 3.63) is 59.7 Å². The van der Waals surface area contributed by atoms with Crippen LogP contribution in [0.25, 0.3) is 0 Å². The van der Waals surface area contributed by atoms with E-state index in [1.54, 1.807) is 24.3 Å². The van der Waals surface area contributed by atoms with Crippen molar-refractivity contribution in [3.8, 4) is 11.5 Å². The van der Waals surface area contributed by atoms with Gasteiger partial charge in [-0.15, -0.1) is 0 Å². The summed E-state index contributed by atoms with van der Waals surface area (Å²) < 4.78 is 0. The molecule has 1 aliphatic heterocycles. The first-order chi connectivity index (χ1) is 19.7. The van der Waals surface area contributed by atoms with Crippen LogP contribution in [-0.4, -0.2) is 76.3 Å². The number of carbonyl (C=O) groups is 4. The van der Waals surface area contributed by atoms with Crippen molar-refractivity contribution in [1.82, 2.24) is 21.3 Å². The van der Waals surface area contributed by atoms with E-state index in [0.29, 0.717) is 49.9 Å². The van der Waals surface area contributed by atoms with Crippen molar-refractivity contribution >= 4 is 23.7 Å². The number of carboxylic acid groups (broad SMARTS) is 1. The fraction of sp³-hybridized carbons (Fsp3) is 0.448. The summed E-state index contributed by atoms with van der Waals surface area (Å²) in [5.41, 5.74) is 6.81. The number of hydrogen-bond donors (Lipinski definition) is 8. The van der Waals surface area contributed by atoms with Gasteiger partial charge in [0.1, 0.15) is 29.6 Å². The number of nitrogens with one attached hydrogen (secondary N) is 4. The van der Waals surface area contributed by atoms with Crippen LogP contribution >= 0.6 is 0 Å².